The van der Waals surface area contributed by atoms with Crippen LogP contribution in [0.3, 0.4) is 0 Å². The van der Waals surface area contributed by atoms with E-state index in [-0.39, 0.29) is 0 Å². The van der Waals surface area contributed by atoms with Crippen LogP contribution in [-0.4, -0.2) is 30.2 Å². The normalized spacial score (nSPS) is 15.8. The Morgan fingerprint density at radius 1 is 1.47 bits per heavy atom. The summed E-state index contributed by atoms with van der Waals surface area (Å²) in [4.78, 5) is 7.52. The Bertz CT molecular complexity index is 402. The molecule has 0 bridgehead atoms. The van der Waals surface area contributed by atoms with Crippen molar-refractivity contribution in [2.45, 2.75) is 19.4 Å². The predicted molar refractivity (Wildman–Crippen MR) is 60.4 cm³/mol. The molecule has 4 nitrogen and oxygen atoms in total. The van der Waals surface area contributed by atoms with E-state index in [9.17, 15) is 0 Å². The number of ether oxygens (including phenoxy) is 1. The van der Waals surface area contributed by atoms with Crippen molar-refractivity contribution >= 4 is 12.2 Å². The van der Waals surface area contributed by atoms with Gasteiger partial charge in [-0.3, -0.25) is 0 Å². The zero-order chi connectivity index (χ0) is 10.7. The van der Waals surface area contributed by atoms with Gasteiger partial charge in [-0.05, 0) is 31.2 Å². The fourth-order valence-corrected chi connectivity index (χ4v) is 2.10. The molecule has 2 rings (SSSR count). The van der Waals surface area contributed by atoms with Crippen molar-refractivity contribution in [2.75, 3.05) is 20.3 Å². The van der Waals surface area contributed by atoms with Crippen molar-refractivity contribution in [3.8, 4) is 0 Å². The molecule has 1 aliphatic rings. The van der Waals surface area contributed by atoms with E-state index in [0.717, 1.165) is 38.3 Å². The molecule has 0 radical (unpaired) electrons. The minimum atomic E-state index is 0.570. The maximum atomic E-state index is 5.45. The molecule has 0 unspecified atom stereocenters. The van der Waals surface area contributed by atoms with Gasteiger partial charge in [0.15, 0.2) is 4.77 Å². The van der Waals surface area contributed by atoms with Crippen molar-refractivity contribution in [1.29, 1.82) is 0 Å². The lowest BCUT2D eigenvalue weighted by atomic mass is 10.1. The highest BCUT2D eigenvalue weighted by Gasteiger charge is 2.13. The van der Waals surface area contributed by atoms with Gasteiger partial charge in [0.25, 0.3) is 0 Å². The molecule has 0 spiro atoms. The van der Waals surface area contributed by atoms with Gasteiger partial charge in [0.2, 0.25) is 0 Å². The number of fused-ring (bicyclic) bond motifs is 1. The van der Waals surface area contributed by atoms with Gasteiger partial charge in [0.1, 0.15) is 0 Å². The Labute approximate surface area is 94.1 Å². The number of nitrogens with zero attached hydrogens (tertiary/aromatic N) is 1. The van der Waals surface area contributed by atoms with Crippen LogP contribution in [0.5, 0.6) is 0 Å². The fraction of sp³-hybridized carbons (Fsp3) is 0.600. The Morgan fingerprint density at radius 2 is 2.27 bits per heavy atom. The molecule has 1 aliphatic heterocycles. The lowest BCUT2D eigenvalue weighted by molar-refractivity contribution is 0.146. The van der Waals surface area contributed by atoms with E-state index in [2.05, 4.69) is 15.3 Å². The topological polar surface area (TPSA) is 49.9 Å². The molecule has 0 aromatic carbocycles. The molecule has 82 valence electrons. The first kappa shape index (κ1) is 10.7. The van der Waals surface area contributed by atoms with Crippen LogP contribution in [0.4, 0.5) is 0 Å². The summed E-state index contributed by atoms with van der Waals surface area (Å²) in [6, 6.07) is 0. The highest BCUT2D eigenvalue weighted by atomic mass is 32.1. The largest absolute Gasteiger partial charge is 0.381 e. The number of rotatable bonds is 2. The summed E-state index contributed by atoms with van der Waals surface area (Å²) in [6.07, 6.45) is 1.82. The van der Waals surface area contributed by atoms with Crippen LogP contribution < -0.4 is 5.32 Å². The van der Waals surface area contributed by atoms with Crippen molar-refractivity contribution in [1.82, 2.24) is 15.3 Å². The predicted octanol–water partition coefficient (Wildman–Crippen LogP) is 0.974. The summed E-state index contributed by atoms with van der Waals surface area (Å²) < 4.78 is 6.02. The van der Waals surface area contributed by atoms with Crippen LogP contribution in [-0.2, 0) is 24.1 Å². The molecule has 0 aliphatic carbocycles. The molecule has 1 aromatic rings. The van der Waals surface area contributed by atoms with E-state index in [1.54, 1.807) is 0 Å². The van der Waals surface area contributed by atoms with Crippen LogP contribution in [0.15, 0.2) is 0 Å². The number of H-pyrrole nitrogens is 1. The third kappa shape index (κ3) is 2.42. The Balaban J connectivity index is 2.45. The van der Waals surface area contributed by atoms with Crippen molar-refractivity contribution in [2.24, 2.45) is 0 Å². The summed E-state index contributed by atoms with van der Waals surface area (Å²) >= 11 is 5.11. The molecule has 0 saturated carbocycles. The minimum Gasteiger partial charge on any atom is -0.381 e. The van der Waals surface area contributed by atoms with E-state index < -0.39 is 0 Å². The molecule has 0 atom stereocenters. The van der Waals surface area contributed by atoms with E-state index >= 15 is 0 Å². The average molecular weight is 225 g/mol. The second-order valence-corrected chi connectivity index (χ2v) is 3.98. The second-order valence-electron chi connectivity index (χ2n) is 3.59. The third-order valence-corrected chi connectivity index (χ3v) is 2.74. The molecule has 15 heavy (non-hydrogen) atoms. The first-order valence-electron chi connectivity index (χ1n) is 5.14. The summed E-state index contributed by atoms with van der Waals surface area (Å²) in [6.45, 7) is 2.30. The smallest absolute Gasteiger partial charge is 0.197 e. The summed E-state index contributed by atoms with van der Waals surface area (Å²) in [5.41, 5.74) is 3.52. The number of nitrogens with one attached hydrogen (secondary N) is 2. The number of hydrogen-bond acceptors (Lipinski definition) is 4. The van der Waals surface area contributed by atoms with Crippen LogP contribution in [0.2, 0.25) is 0 Å². The van der Waals surface area contributed by atoms with Gasteiger partial charge in [-0.2, -0.15) is 0 Å². The number of hydrogen-bond donors (Lipinski definition) is 2. The van der Waals surface area contributed by atoms with E-state index in [4.69, 9.17) is 17.0 Å². The lowest BCUT2D eigenvalue weighted by Crippen LogP contribution is -2.13. The SMILES string of the molecule is CNCc1nc(=S)[nH]c2c1CCOCC2. The molecule has 1 aromatic heterocycles. The van der Waals surface area contributed by atoms with Gasteiger partial charge in [-0.25, -0.2) is 4.98 Å². The first-order valence-corrected chi connectivity index (χ1v) is 5.55. The quantitative estimate of drug-likeness (QED) is 0.737. The molecule has 2 heterocycles. The van der Waals surface area contributed by atoms with Gasteiger partial charge in [-0.1, -0.05) is 0 Å². The summed E-state index contributed by atoms with van der Waals surface area (Å²) in [5, 5.41) is 3.12. The number of aromatic amines is 1. The molecule has 0 saturated heterocycles. The lowest BCUT2D eigenvalue weighted by Gasteiger charge is -2.10. The van der Waals surface area contributed by atoms with Gasteiger partial charge >= 0.3 is 0 Å². The molecule has 2 N–H and O–H groups in total. The molecule has 5 heteroatoms. The van der Waals surface area contributed by atoms with E-state index in [1.165, 1.54) is 11.3 Å². The molecular formula is C10H15N3OS. The maximum Gasteiger partial charge on any atom is 0.197 e. The second kappa shape index (κ2) is 4.83. The third-order valence-electron chi connectivity index (χ3n) is 2.54. The average Bonchev–Trinajstić information content (AvgIpc) is 2.43. The van der Waals surface area contributed by atoms with Gasteiger partial charge in [0.05, 0.1) is 18.9 Å². The molecule has 0 fully saturated rings. The fourth-order valence-electron chi connectivity index (χ4n) is 1.87. The highest BCUT2D eigenvalue weighted by Crippen LogP contribution is 2.15. The van der Waals surface area contributed by atoms with Crippen molar-refractivity contribution in [3.05, 3.63) is 21.7 Å². The Kier molecular flexibility index (Phi) is 3.45. The van der Waals surface area contributed by atoms with E-state index in [0.29, 0.717) is 4.77 Å². The number of aromatic nitrogens is 2. The van der Waals surface area contributed by atoms with Crippen LogP contribution in [0.1, 0.15) is 17.0 Å². The van der Waals surface area contributed by atoms with E-state index in [1.807, 2.05) is 7.05 Å². The van der Waals surface area contributed by atoms with Crippen LogP contribution in [0, 0.1) is 4.77 Å². The molecule has 0 amide bonds. The van der Waals surface area contributed by atoms with Gasteiger partial charge in [0, 0.05) is 18.7 Å². The maximum absolute atomic E-state index is 5.45. The monoisotopic (exact) mass is 225 g/mol. The zero-order valence-corrected chi connectivity index (χ0v) is 9.62. The van der Waals surface area contributed by atoms with Crippen LogP contribution >= 0.6 is 12.2 Å². The Hall–Kier alpha value is -0.780. The highest BCUT2D eigenvalue weighted by molar-refractivity contribution is 7.71. The van der Waals surface area contributed by atoms with Crippen molar-refractivity contribution in [3.63, 3.8) is 0 Å². The summed E-state index contributed by atoms with van der Waals surface area (Å²) in [5.74, 6) is 0. The standard InChI is InChI=1S/C10H15N3OS/c1-11-6-9-7-2-4-14-5-3-8(7)12-10(15)13-9/h11H,2-6H2,1H3,(H,12,13,15). The summed E-state index contributed by atoms with van der Waals surface area (Å²) in [7, 11) is 1.92. The minimum absolute atomic E-state index is 0.570. The van der Waals surface area contributed by atoms with Gasteiger partial charge in [-0.15, -0.1) is 0 Å². The zero-order valence-electron chi connectivity index (χ0n) is 8.80. The van der Waals surface area contributed by atoms with Crippen LogP contribution in [0.25, 0.3) is 0 Å². The molecular weight excluding hydrogens is 210 g/mol. The van der Waals surface area contributed by atoms with Gasteiger partial charge < -0.3 is 15.0 Å². The first-order chi connectivity index (χ1) is 7.31. The Morgan fingerprint density at radius 3 is 3.07 bits per heavy atom. The van der Waals surface area contributed by atoms with Crippen molar-refractivity contribution < 1.29 is 4.74 Å².